The van der Waals surface area contributed by atoms with Crippen molar-refractivity contribution in [1.29, 1.82) is 0 Å². The molecule has 4 nitrogen and oxygen atoms in total. The van der Waals surface area contributed by atoms with Crippen LogP contribution in [0.4, 0.5) is 4.39 Å². The van der Waals surface area contributed by atoms with Crippen LogP contribution >= 0.6 is 0 Å². The molecule has 2 atom stereocenters. The van der Waals surface area contributed by atoms with Gasteiger partial charge in [-0.3, -0.25) is 0 Å². The second-order valence-corrected chi connectivity index (χ2v) is 7.53. The Morgan fingerprint density at radius 2 is 1.81 bits per heavy atom. The SMILES string of the molecule is CC[C@H](C)CS(=O)(=O)NC[C@@H](c1ccc(F)cc1)N(C)C. The van der Waals surface area contributed by atoms with Gasteiger partial charge < -0.3 is 4.90 Å². The predicted molar refractivity (Wildman–Crippen MR) is 84.1 cm³/mol. The van der Waals surface area contributed by atoms with Crippen LogP contribution < -0.4 is 4.72 Å². The molecule has 0 spiro atoms. The first-order valence-electron chi connectivity index (χ1n) is 7.14. The molecule has 0 heterocycles. The molecule has 0 fully saturated rings. The standard InChI is InChI=1S/C15H25FN2O2S/c1-5-12(2)11-21(19,20)17-10-15(18(3)4)13-6-8-14(16)9-7-13/h6-9,12,15,17H,5,10-11H2,1-4H3/t12-,15-/m0/s1. The van der Waals surface area contributed by atoms with E-state index in [4.69, 9.17) is 0 Å². The van der Waals surface area contributed by atoms with E-state index in [-0.39, 0.29) is 30.1 Å². The van der Waals surface area contributed by atoms with Gasteiger partial charge >= 0.3 is 0 Å². The molecule has 0 bridgehead atoms. The summed E-state index contributed by atoms with van der Waals surface area (Å²) in [7, 11) is 0.456. The first kappa shape index (κ1) is 18.1. The maximum absolute atomic E-state index is 13.0. The summed E-state index contributed by atoms with van der Waals surface area (Å²) in [4.78, 5) is 1.92. The van der Waals surface area contributed by atoms with Gasteiger partial charge in [0.05, 0.1) is 5.75 Å². The first-order chi connectivity index (χ1) is 9.75. The number of rotatable bonds is 8. The Morgan fingerprint density at radius 3 is 2.29 bits per heavy atom. The third-order valence-electron chi connectivity index (χ3n) is 3.58. The highest BCUT2D eigenvalue weighted by Gasteiger charge is 2.19. The Balaban J connectivity index is 2.74. The monoisotopic (exact) mass is 316 g/mol. The zero-order valence-electron chi connectivity index (χ0n) is 13.1. The summed E-state index contributed by atoms with van der Waals surface area (Å²) in [6.45, 7) is 4.17. The number of benzene rings is 1. The Hall–Kier alpha value is -0.980. The molecule has 21 heavy (non-hydrogen) atoms. The van der Waals surface area contributed by atoms with Crippen molar-refractivity contribution in [3.8, 4) is 0 Å². The van der Waals surface area contributed by atoms with Gasteiger partial charge in [0, 0.05) is 12.6 Å². The Kier molecular flexibility index (Phi) is 6.77. The van der Waals surface area contributed by atoms with E-state index in [9.17, 15) is 12.8 Å². The van der Waals surface area contributed by atoms with E-state index in [1.807, 2.05) is 32.8 Å². The molecule has 1 aromatic rings. The van der Waals surface area contributed by atoms with Crippen LogP contribution in [-0.2, 0) is 10.0 Å². The number of nitrogens with one attached hydrogen (secondary N) is 1. The topological polar surface area (TPSA) is 49.4 Å². The van der Waals surface area contributed by atoms with E-state index >= 15 is 0 Å². The van der Waals surface area contributed by atoms with Gasteiger partial charge in [-0.2, -0.15) is 0 Å². The van der Waals surface area contributed by atoms with Crippen LogP contribution in [0.3, 0.4) is 0 Å². The summed E-state index contributed by atoms with van der Waals surface area (Å²) in [6.07, 6.45) is 0.829. The lowest BCUT2D eigenvalue weighted by Crippen LogP contribution is -2.36. The quantitative estimate of drug-likeness (QED) is 0.801. The summed E-state index contributed by atoms with van der Waals surface area (Å²) in [6, 6.07) is 6.02. The van der Waals surface area contributed by atoms with E-state index in [1.54, 1.807) is 12.1 Å². The third kappa shape index (κ3) is 6.11. The normalized spacial score (nSPS) is 15.1. The van der Waals surface area contributed by atoms with Crippen molar-refractivity contribution >= 4 is 10.0 Å². The fraction of sp³-hybridized carbons (Fsp3) is 0.600. The Bertz CT molecular complexity index is 529. The minimum atomic E-state index is -3.29. The van der Waals surface area contributed by atoms with Crippen molar-refractivity contribution in [2.45, 2.75) is 26.3 Å². The number of hydrogen-bond donors (Lipinski definition) is 1. The fourth-order valence-corrected chi connectivity index (χ4v) is 3.56. The molecule has 1 aromatic carbocycles. The number of halogens is 1. The van der Waals surface area contributed by atoms with Crippen LogP contribution in [0.25, 0.3) is 0 Å². The average Bonchev–Trinajstić information content (AvgIpc) is 2.39. The first-order valence-corrected chi connectivity index (χ1v) is 8.79. The van der Waals surface area contributed by atoms with Crippen LogP contribution in [0.5, 0.6) is 0 Å². The van der Waals surface area contributed by atoms with Gasteiger partial charge in [-0.05, 0) is 37.7 Å². The number of nitrogens with zero attached hydrogens (tertiary/aromatic N) is 1. The van der Waals surface area contributed by atoms with Crippen molar-refractivity contribution in [2.75, 3.05) is 26.4 Å². The summed E-state index contributed by atoms with van der Waals surface area (Å²) in [5.74, 6) is -0.0349. The summed E-state index contributed by atoms with van der Waals surface area (Å²) >= 11 is 0. The second-order valence-electron chi connectivity index (χ2n) is 5.67. The molecule has 0 aliphatic rings. The van der Waals surface area contributed by atoms with Crippen molar-refractivity contribution in [3.63, 3.8) is 0 Å². The van der Waals surface area contributed by atoms with Crippen LogP contribution in [0.1, 0.15) is 31.9 Å². The van der Waals surface area contributed by atoms with Gasteiger partial charge in [0.15, 0.2) is 0 Å². The maximum Gasteiger partial charge on any atom is 0.211 e. The largest absolute Gasteiger partial charge is 0.301 e. The van der Waals surface area contributed by atoms with E-state index in [1.165, 1.54) is 12.1 Å². The zero-order chi connectivity index (χ0) is 16.0. The smallest absolute Gasteiger partial charge is 0.211 e. The summed E-state index contributed by atoms with van der Waals surface area (Å²) in [5, 5.41) is 0. The maximum atomic E-state index is 13.0. The molecular weight excluding hydrogens is 291 g/mol. The van der Waals surface area contributed by atoms with E-state index < -0.39 is 10.0 Å². The van der Waals surface area contributed by atoms with E-state index in [0.29, 0.717) is 0 Å². The molecule has 0 saturated carbocycles. The zero-order valence-corrected chi connectivity index (χ0v) is 14.0. The lowest BCUT2D eigenvalue weighted by Gasteiger charge is -2.25. The van der Waals surface area contributed by atoms with E-state index in [0.717, 1.165) is 12.0 Å². The minimum absolute atomic E-state index is 0.127. The molecule has 0 radical (unpaired) electrons. The molecule has 0 aliphatic carbocycles. The molecule has 0 aromatic heterocycles. The molecule has 0 unspecified atom stereocenters. The molecule has 0 amide bonds. The highest BCUT2D eigenvalue weighted by molar-refractivity contribution is 7.89. The van der Waals surface area contributed by atoms with Gasteiger partial charge in [-0.15, -0.1) is 0 Å². The van der Waals surface area contributed by atoms with Crippen LogP contribution in [0.2, 0.25) is 0 Å². The van der Waals surface area contributed by atoms with Crippen LogP contribution in [0, 0.1) is 11.7 Å². The Morgan fingerprint density at radius 1 is 1.24 bits per heavy atom. The molecule has 0 aliphatic heterocycles. The molecule has 1 rings (SSSR count). The Labute approximate surface area is 127 Å². The summed E-state index contributed by atoms with van der Waals surface area (Å²) in [5.41, 5.74) is 0.882. The lowest BCUT2D eigenvalue weighted by molar-refractivity contribution is 0.299. The van der Waals surface area contributed by atoms with Crippen LogP contribution in [0.15, 0.2) is 24.3 Å². The van der Waals surface area contributed by atoms with Crippen LogP contribution in [-0.4, -0.2) is 39.7 Å². The third-order valence-corrected chi connectivity index (χ3v) is 5.19. The predicted octanol–water partition coefficient (Wildman–Crippen LogP) is 2.39. The minimum Gasteiger partial charge on any atom is -0.301 e. The summed E-state index contributed by atoms with van der Waals surface area (Å²) < 4.78 is 39.7. The van der Waals surface area contributed by atoms with Gasteiger partial charge in [-0.25, -0.2) is 17.5 Å². The highest BCUT2D eigenvalue weighted by Crippen LogP contribution is 2.18. The van der Waals surface area contributed by atoms with E-state index in [2.05, 4.69) is 4.72 Å². The lowest BCUT2D eigenvalue weighted by atomic mass is 10.1. The second kappa shape index (κ2) is 7.87. The fourth-order valence-electron chi connectivity index (χ4n) is 2.04. The van der Waals surface area contributed by atoms with Gasteiger partial charge in [0.25, 0.3) is 0 Å². The van der Waals surface area contributed by atoms with Crippen molar-refractivity contribution in [2.24, 2.45) is 5.92 Å². The van der Waals surface area contributed by atoms with Crippen molar-refractivity contribution in [1.82, 2.24) is 9.62 Å². The van der Waals surface area contributed by atoms with Gasteiger partial charge in [0.2, 0.25) is 10.0 Å². The molecule has 6 heteroatoms. The van der Waals surface area contributed by atoms with Crippen molar-refractivity contribution in [3.05, 3.63) is 35.6 Å². The molecular formula is C15H25FN2O2S. The average molecular weight is 316 g/mol. The number of hydrogen-bond acceptors (Lipinski definition) is 3. The molecule has 0 saturated heterocycles. The number of likely N-dealkylation sites (N-methyl/N-ethyl adjacent to an activating group) is 1. The number of sulfonamides is 1. The van der Waals surface area contributed by atoms with Crippen molar-refractivity contribution < 1.29 is 12.8 Å². The van der Waals surface area contributed by atoms with Gasteiger partial charge in [-0.1, -0.05) is 32.4 Å². The highest BCUT2D eigenvalue weighted by atomic mass is 32.2. The molecule has 120 valence electrons. The molecule has 1 N–H and O–H groups in total. The van der Waals surface area contributed by atoms with Gasteiger partial charge in [0.1, 0.15) is 5.82 Å².